The molecule has 1 heterocycles. The van der Waals surface area contributed by atoms with Gasteiger partial charge in [-0.15, -0.1) is 0 Å². The summed E-state index contributed by atoms with van der Waals surface area (Å²) in [6.45, 7) is 3.83. The van der Waals surface area contributed by atoms with Crippen LogP contribution in [0.2, 0.25) is 0 Å². The van der Waals surface area contributed by atoms with Crippen LogP contribution >= 0.6 is 0 Å². The van der Waals surface area contributed by atoms with E-state index in [1.165, 1.54) is 12.1 Å². The number of benzene rings is 1. The first-order valence-electron chi connectivity index (χ1n) is 5.98. The maximum atomic E-state index is 13.1. The van der Waals surface area contributed by atoms with Crippen LogP contribution in [0, 0.1) is 11.6 Å². The average molecular weight is 280 g/mol. The fraction of sp³-hybridized carbons (Fsp3) is 0.231. The Bertz CT molecular complexity index is 619. The van der Waals surface area contributed by atoms with Crippen molar-refractivity contribution in [3.8, 4) is 11.6 Å². The van der Waals surface area contributed by atoms with Gasteiger partial charge in [0.05, 0.1) is 0 Å². The van der Waals surface area contributed by atoms with Gasteiger partial charge in [-0.25, -0.2) is 19.6 Å². The third kappa shape index (κ3) is 3.18. The summed E-state index contributed by atoms with van der Waals surface area (Å²) in [7, 11) is 0. The van der Waals surface area contributed by atoms with Gasteiger partial charge >= 0.3 is 0 Å². The summed E-state index contributed by atoms with van der Waals surface area (Å²) < 4.78 is 31.4. The molecule has 0 atom stereocenters. The van der Waals surface area contributed by atoms with E-state index in [2.05, 4.69) is 15.4 Å². The first-order valence-corrected chi connectivity index (χ1v) is 5.98. The van der Waals surface area contributed by atoms with Gasteiger partial charge in [-0.3, -0.25) is 0 Å². The Kier molecular flexibility index (Phi) is 4.09. The van der Waals surface area contributed by atoms with Gasteiger partial charge < -0.3 is 10.2 Å². The van der Waals surface area contributed by atoms with Crippen molar-refractivity contribution in [3.63, 3.8) is 0 Å². The van der Waals surface area contributed by atoms with Gasteiger partial charge in [-0.05, 0) is 12.1 Å². The molecule has 0 aliphatic carbocycles. The summed E-state index contributed by atoms with van der Waals surface area (Å²) in [6.07, 6.45) is 0. The SMILES string of the molecule is CC(C)c1nc(NN)cc(Oc2ccc(F)c(F)c2)n1. The monoisotopic (exact) mass is 280 g/mol. The number of hydrazine groups is 1. The van der Waals surface area contributed by atoms with E-state index in [0.717, 1.165) is 12.1 Å². The molecule has 0 fully saturated rings. The first-order chi connectivity index (χ1) is 9.49. The number of rotatable bonds is 4. The number of nitrogens with one attached hydrogen (secondary N) is 1. The number of nitrogens with two attached hydrogens (primary N) is 1. The number of aromatic nitrogens is 2. The highest BCUT2D eigenvalue weighted by Gasteiger charge is 2.10. The van der Waals surface area contributed by atoms with E-state index < -0.39 is 11.6 Å². The van der Waals surface area contributed by atoms with E-state index in [1.807, 2.05) is 13.8 Å². The zero-order valence-electron chi connectivity index (χ0n) is 11.0. The number of ether oxygens (including phenoxy) is 1. The van der Waals surface area contributed by atoms with Gasteiger partial charge in [0.1, 0.15) is 17.4 Å². The molecular formula is C13H14F2N4O. The van der Waals surface area contributed by atoms with Gasteiger partial charge in [0.15, 0.2) is 11.6 Å². The third-order valence-electron chi connectivity index (χ3n) is 2.50. The lowest BCUT2D eigenvalue weighted by Gasteiger charge is -2.10. The van der Waals surface area contributed by atoms with Crippen molar-refractivity contribution in [2.24, 2.45) is 5.84 Å². The zero-order valence-corrected chi connectivity index (χ0v) is 11.0. The lowest BCUT2D eigenvalue weighted by atomic mass is 10.2. The average Bonchev–Trinajstić information content (AvgIpc) is 2.42. The number of halogens is 2. The molecule has 3 N–H and O–H groups in total. The van der Waals surface area contributed by atoms with Crippen molar-refractivity contribution in [2.75, 3.05) is 5.43 Å². The highest BCUT2D eigenvalue weighted by molar-refractivity contribution is 5.39. The highest BCUT2D eigenvalue weighted by atomic mass is 19.2. The Labute approximate surface area is 114 Å². The van der Waals surface area contributed by atoms with Crippen LogP contribution in [-0.4, -0.2) is 9.97 Å². The fourth-order valence-corrected chi connectivity index (χ4v) is 1.49. The van der Waals surface area contributed by atoms with Gasteiger partial charge in [0.2, 0.25) is 5.88 Å². The van der Waals surface area contributed by atoms with Crippen molar-refractivity contribution in [2.45, 2.75) is 19.8 Å². The molecule has 0 aliphatic rings. The van der Waals surface area contributed by atoms with E-state index in [-0.39, 0.29) is 17.5 Å². The van der Waals surface area contributed by atoms with E-state index >= 15 is 0 Å². The second-order valence-electron chi connectivity index (χ2n) is 4.43. The fourth-order valence-electron chi connectivity index (χ4n) is 1.49. The third-order valence-corrected chi connectivity index (χ3v) is 2.50. The predicted molar refractivity (Wildman–Crippen MR) is 70.4 cm³/mol. The second kappa shape index (κ2) is 5.79. The summed E-state index contributed by atoms with van der Waals surface area (Å²) >= 11 is 0. The quantitative estimate of drug-likeness (QED) is 0.665. The Morgan fingerprint density at radius 2 is 1.90 bits per heavy atom. The molecule has 2 aromatic rings. The highest BCUT2D eigenvalue weighted by Crippen LogP contribution is 2.24. The molecule has 1 aromatic heterocycles. The smallest absolute Gasteiger partial charge is 0.224 e. The molecule has 0 saturated heterocycles. The molecular weight excluding hydrogens is 266 g/mol. The van der Waals surface area contributed by atoms with Crippen LogP contribution in [0.5, 0.6) is 11.6 Å². The summed E-state index contributed by atoms with van der Waals surface area (Å²) in [4.78, 5) is 8.35. The summed E-state index contributed by atoms with van der Waals surface area (Å²) in [5, 5.41) is 0. The topological polar surface area (TPSA) is 73.1 Å². The number of nitrogens with zero attached hydrogens (tertiary/aromatic N) is 2. The minimum absolute atomic E-state index is 0.0654. The Hall–Kier alpha value is -2.28. The molecule has 0 saturated carbocycles. The molecule has 0 bridgehead atoms. The van der Waals surface area contributed by atoms with E-state index in [1.54, 1.807) is 0 Å². The van der Waals surface area contributed by atoms with Gasteiger partial charge in [-0.2, -0.15) is 4.98 Å². The van der Waals surface area contributed by atoms with Crippen LogP contribution in [0.3, 0.4) is 0 Å². The van der Waals surface area contributed by atoms with Crippen molar-refractivity contribution in [1.82, 2.24) is 9.97 Å². The maximum absolute atomic E-state index is 13.1. The van der Waals surface area contributed by atoms with Crippen LogP contribution in [-0.2, 0) is 0 Å². The molecule has 20 heavy (non-hydrogen) atoms. The van der Waals surface area contributed by atoms with Gasteiger partial charge in [0, 0.05) is 18.1 Å². The van der Waals surface area contributed by atoms with E-state index in [4.69, 9.17) is 10.6 Å². The molecule has 5 nitrogen and oxygen atoms in total. The van der Waals surface area contributed by atoms with Crippen molar-refractivity contribution in [3.05, 3.63) is 41.7 Å². The molecule has 1 aromatic carbocycles. The normalized spacial score (nSPS) is 10.7. The Morgan fingerprint density at radius 3 is 2.50 bits per heavy atom. The van der Waals surface area contributed by atoms with Crippen LogP contribution < -0.4 is 16.0 Å². The zero-order chi connectivity index (χ0) is 14.7. The van der Waals surface area contributed by atoms with E-state index in [9.17, 15) is 8.78 Å². The Balaban J connectivity index is 2.32. The minimum Gasteiger partial charge on any atom is -0.439 e. The number of nitrogen functional groups attached to an aromatic ring is 1. The first kappa shape index (κ1) is 14.1. The van der Waals surface area contributed by atoms with Crippen molar-refractivity contribution < 1.29 is 13.5 Å². The van der Waals surface area contributed by atoms with Crippen LogP contribution in [0.4, 0.5) is 14.6 Å². The number of hydrogen-bond donors (Lipinski definition) is 2. The van der Waals surface area contributed by atoms with Crippen LogP contribution in [0.25, 0.3) is 0 Å². The van der Waals surface area contributed by atoms with Crippen molar-refractivity contribution >= 4 is 5.82 Å². The van der Waals surface area contributed by atoms with Gasteiger partial charge in [0.25, 0.3) is 0 Å². The lowest BCUT2D eigenvalue weighted by molar-refractivity contribution is 0.443. The standard InChI is InChI=1S/C13H14F2N4O/c1-7(2)13-17-11(19-16)6-12(18-13)20-8-3-4-9(14)10(15)5-8/h3-7H,16H2,1-2H3,(H,17,18,19). The molecule has 0 aliphatic heterocycles. The second-order valence-corrected chi connectivity index (χ2v) is 4.43. The number of hydrogen-bond acceptors (Lipinski definition) is 5. The largest absolute Gasteiger partial charge is 0.439 e. The molecule has 106 valence electrons. The molecule has 7 heteroatoms. The minimum atomic E-state index is -0.988. The molecule has 2 rings (SSSR count). The Morgan fingerprint density at radius 1 is 1.15 bits per heavy atom. The molecule has 0 unspecified atom stereocenters. The maximum Gasteiger partial charge on any atom is 0.224 e. The van der Waals surface area contributed by atoms with Gasteiger partial charge in [-0.1, -0.05) is 13.8 Å². The summed E-state index contributed by atoms with van der Waals surface area (Å²) in [5.74, 6) is 4.70. The van der Waals surface area contributed by atoms with Crippen LogP contribution in [0.1, 0.15) is 25.6 Å². The predicted octanol–water partition coefficient (Wildman–Crippen LogP) is 2.96. The molecule has 0 amide bonds. The van der Waals surface area contributed by atoms with Crippen molar-refractivity contribution in [1.29, 1.82) is 0 Å². The number of anilines is 1. The lowest BCUT2D eigenvalue weighted by Crippen LogP contribution is -2.11. The van der Waals surface area contributed by atoms with E-state index in [0.29, 0.717) is 11.6 Å². The molecule has 0 spiro atoms. The summed E-state index contributed by atoms with van der Waals surface area (Å²) in [5.41, 5.74) is 2.40. The summed E-state index contributed by atoms with van der Waals surface area (Å²) in [6, 6.07) is 4.71. The van der Waals surface area contributed by atoms with Crippen LogP contribution in [0.15, 0.2) is 24.3 Å². The molecule has 0 radical (unpaired) electrons.